The molecule has 1 fully saturated rings. The maximum Gasteiger partial charge on any atom is 0.168 e. The average Bonchev–Trinajstić information content (AvgIpc) is 2.46. The van der Waals surface area contributed by atoms with Crippen LogP contribution in [0, 0.1) is 17.3 Å². The van der Waals surface area contributed by atoms with E-state index in [9.17, 15) is 16.8 Å². The highest BCUT2D eigenvalue weighted by molar-refractivity contribution is 7.96. The van der Waals surface area contributed by atoms with Crippen molar-refractivity contribution in [2.75, 3.05) is 16.2 Å². The molecule has 0 aromatic heterocycles. The van der Waals surface area contributed by atoms with Crippen molar-refractivity contribution in [3.63, 3.8) is 0 Å². The average molecular weight is 389 g/mol. The second-order valence-electron chi connectivity index (χ2n) is 6.94. The number of fused-ring (bicyclic) bond motifs is 1. The summed E-state index contributed by atoms with van der Waals surface area (Å²) in [6.45, 7) is 4.39. The first-order valence-corrected chi connectivity index (χ1v) is 11.9. The summed E-state index contributed by atoms with van der Waals surface area (Å²) in [7, 11) is -7.26. The Labute approximate surface area is 143 Å². The van der Waals surface area contributed by atoms with Crippen molar-refractivity contribution in [3.05, 3.63) is 11.6 Å². The van der Waals surface area contributed by atoms with Crippen molar-refractivity contribution in [1.82, 2.24) is 0 Å². The predicted molar refractivity (Wildman–Crippen MR) is 90.6 cm³/mol. The summed E-state index contributed by atoms with van der Waals surface area (Å²) in [5, 5.41) is -2.15. The summed E-state index contributed by atoms with van der Waals surface area (Å²) < 4.78 is 47.9. The number of halogens is 2. The third-order valence-electron chi connectivity index (χ3n) is 5.31. The molecule has 1 unspecified atom stereocenters. The third kappa shape index (κ3) is 3.50. The van der Waals surface area contributed by atoms with Crippen molar-refractivity contribution in [2.45, 2.75) is 38.4 Å². The van der Waals surface area contributed by atoms with E-state index in [0.29, 0.717) is 11.8 Å². The molecule has 0 spiro atoms. The van der Waals surface area contributed by atoms with E-state index in [1.165, 1.54) is 0 Å². The Morgan fingerprint density at radius 2 is 1.86 bits per heavy atom. The maximum absolute atomic E-state index is 12.2. The van der Waals surface area contributed by atoms with E-state index < -0.39 is 41.1 Å². The van der Waals surface area contributed by atoms with Crippen molar-refractivity contribution in [3.8, 4) is 0 Å². The van der Waals surface area contributed by atoms with E-state index in [4.69, 9.17) is 23.2 Å². The molecule has 8 heteroatoms. The minimum atomic E-state index is -3.66. The van der Waals surface area contributed by atoms with Gasteiger partial charge in [-0.1, -0.05) is 25.5 Å². The molecular formula is C14H22Cl2O4S2. The standard InChI is InChI=1S/C14H22Cl2O4S2/c1-14(2)11-4-3-10(13(14)6-11)5-12(22(19,20)9-16)7-21(17,18)8-15/h3,11-13H,4-9H2,1-2H3/t11-,12?,13-/m0/s1. The molecule has 0 aliphatic heterocycles. The van der Waals surface area contributed by atoms with Gasteiger partial charge in [0.2, 0.25) is 0 Å². The molecule has 128 valence electrons. The Balaban J connectivity index is 2.23. The molecule has 22 heavy (non-hydrogen) atoms. The molecule has 1 saturated carbocycles. The van der Waals surface area contributed by atoms with Crippen LogP contribution in [0.15, 0.2) is 11.6 Å². The lowest BCUT2D eigenvalue weighted by Crippen LogP contribution is -2.49. The van der Waals surface area contributed by atoms with E-state index in [1.807, 2.05) is 0 Å². The zero-order chi connectivity index (χ0) is 16.8. The number of hydrogen-bond donors (Lipinski definition) is 0. The Kier molecular flexibility index (Phi) is 5.28. The van der Waals surface area contributed by atoms with Gasteiger partial charge in [-0.15, -0.1) is 23.2 Å². The Morgan fingerprint density at radius 1 is 1.23 bits per heavy atom. The van der Waals surface area contributed by atoms with Crippen LogP contribution >= 0.6 is 23.2 Å². The molecule has 0 N–H and O–H groups in total. The number of allylic oxidation sites excluding steroid dienone is 2. The summed E-state index contributed by atoms with van der Waals surface area (Å²) in [6, 6.07) is 0. The van der Waals surface area contributed by atoms with Gasteiger partial charge >= 0.3 is 0 Å². The first-order chi connectivity index (χ1) is 10.0. The minimum absolute atomic E-state index is 0.171. The summed E-state index contributed by atoms with van der Waals surface area (Å²) in [5.74, 6) is 0.535. The highest BCUT2D eigenvalue weighted by Crippen LogP contribution is 2.60. The normalized spacial score (nSPS) is 28.6. The van der Waals surface area contributed by atoms with E-state index in [0.717, 1.165) is 18.4 Å². The highest BCUT2D eigenvalue weighted by Gasteiger charge is 2.51. The molecule has 4 nitrogen and oxygen atoms in total. The fraction of sp³-hybridized carbons (Fsp3) is 0.857. The lowest BCUT2D eigenvalue weighted by Gasteiger charge is -2.57. The van der Waals surface area contributed by atoms with Crippen LogP contribution in [0.3, 0.4) is 0 Å². The summed E-state index contributed by atoms with van der Waals surface area (Å²) in [6.07, 6.45) is 4.34. The van der Waals surface area contributed by atoms with Crippen molar-refractivity contribution < 1.29 is 16.8 Å². The lowest BCUT2D eigenvalue weighted by atomic mass is 9.48. The second-order valence-corrected chi connectivity index (χ2v) is 12.5. The predicted octanol–water partition coefficient (Wildman–Crippen LogP) is 2.96. The van der Waals surface area contributed by atoms with Gasteiger partial charge in [0.25, 0.3) is 0 Å². The van der Waals surface area contributed by atoms with Gasteiger partial charge in [-0.3, -0.25) is 0 Å². The molecule has 3 rings (SSSR count). The number of alkyl halides is 2. The van der Waals surface area contributed by atoms with Gasteiger partial charge in [0.15, 0.2) is 19.7 Å². The van der Waals surface area contributed by atoms with Crippen LogP contribution in [-0.2, 0) is 19.7 Å². The third-order valence-corrected chi connectivity index (χ3v) is 10.3. The van der Waals surface area contributed by atoms with Crippen LogP contribution < -0.4 is 0 Å². The minimum Gasteiger partial charge on any atom is -0.228 e. The van der Waals surface area contributed by atoms with Gasteiger partial charge in [0.1, 0.15) is 10.4 Å². The molecule has 3 aliphatic rings. The van der Waals surface area contributed by atoms with Gasteiger partial charge in [0, 0.05) is 0 Å². The molecule has 0 radical (unpaired) electrons. The van der Waals surface area contributed by atoms with Crippen LogP contribution in [0.25, 0.3) is 0 Å². The van der Waals surface area contributed by atoms with Gasteiger partial charge in [-0.05, 0) is 36.5 Å². The Morgan fingerprint density at radius 3 is 2.32 bits per heavy atom. The molecule has 0 saturated heterocycles. The first-order valence-electron chi connectivity index (χ1n) is 7.26. The van der Waals surface area contributed by atoms with Crippen LogP contribution in [0.4, 0.5) is 0 Å². The second kappa shape index (κ2) is 6.26. The van der Waals surface area contributed by atoms with Crippen molar-refractivity contribution in [2.24, 2.45) is 17.3 Å². The van der Waals surface area contributed by atoms with E-state index >= 15 is 0 Å². The van der Waals surface area contributed by atoms with E-state index in [2.05, 4.69) is 19.9 Å². The molecule has 0 aromatic rings. The fourth-order valence-corrected chi connectivity index (χ4v) is 7.33. The smallest absolute Gasteiger partial charge is 0.168 e. The summed E-state index contributed by atoms with van der Waals surface area (Å²) >= 11 is 11.0. The zero-order valence-corrected chi connectivity index (χ0v) is 15.9. The van der Waals surface area contributed by atoms with Crippen LogP contribution in [0.1, 0.15) is 33.1 Å². The molecule has 0 amide bonds. The largest absolute Gasteiger partial charge is 0.228 e. The van der Waals surface area contributed by atoms with Gasteiger partial charge in [-0.2, -0.15) is 0 Å². The zero-order valence-electron chi connectivity index (χ0n) is 12.8. The van der Waals surface area contributed by atoms with Gasteiger partial charge < -0.3 is 0 Å². The monoisotopic (exact) mass is 388 g/mol. The molecule has 0 heterocycles. The van der Waals surface area contributed by atoms with Crippen LogP contribution in [-0.4, -0.2) is 38.3 Å². The molecular weight excluding hydrogens is 367 g/mol. The SMILES string of the molecule is CC1(C)[C@H]2CC=C(CC(CS(=O)(=O)CCl)S(=O)(=O)CCl)[C@@H]1C2. The van der Waals surface area contributed by atoms with Crippen molar-refractivity contribution >= 4 is 42.9 Å². The molecule has 0 aromatic carbocycles. The van der Waals surface area contributed by atoms with E-state index in [-0.39, 0.29) is 11.8 Å². The van der Waals surface area contributed by atoms with Crippen molar-refractivity contribution in [1.29, 1.82) is 0 Å². The maximum atomic E-state index is 12.2. The fourth-order valence-electron chi connectivity index (χ4n) is 3.68. The number of sulfone groups is 2. The quantitative estimate of drug-likeness (QED) is 0.496. The molecule has 3 atom stereocenters. The number of hydrogen-bond acceptors (Lipinski definition) is 4. The summed E-state index contributed by atoms with van der Waals surface area (Å²) in [5.41, 5.74) is 1.24. The van der Waals surface area contributed by atoms with Gasteiger partial charge in [-0.25, -0.2) is 16.8 Å². The van der Waals surface area contributed by atoms with Crippen LogP contribution in [0.2, 0.25) is 0 Å². The Hall–Kier alpha value is 0.220. The Bertz CT molecular complexity index is 665. The molecule has 2 bridgehead atoms. The first kappa shape index (κ1) is 18.6. The lowest BCUT2D eigenvalue weighted by molar-refractivity contribution is -0.00815. The molecule has 3 aliphatic carbocycles. The van der Waals surface area contributed by atoms with E-state index in [1.54, 1.807) is 0 Å². The summed E-state index contributed by atoms with van der Waals surface area (Å²) in [4.78, 5) is 0. The number of rotatable bonds is 7. The van der Waals surface area contributed by atoms with Crippen LogP contribution in [0.5, 0.6) is 0 Å². The topological polar surface area (TPSA) is 68.3 Å². The van der Waals surface area contributed by atoms with Gasteiger partial charge in [0.05, 0.1) is 11.0 Å². The highest BCUT2D eigenvalue weighted by atomic mass is 35.5.